The topological polar surface area (TPSA) is 89.3 Å². The molecule has 35 heavy (non-hydrogen) atoms. The number of para-hydroxylation sites is 1. The highest BCUT2D eigenvalue weighted by atomic mass is 16.5. The average molecular weight is 465 g/mol. The van der Waals surface area contributed by atoms with E-state index in [-0.39, 0.29) is 5.56 Å². The average Bonchev–Trinajstić information content (AvgIpc) is 3.19. The fraction of sp³-hybridized carbons (Fsp3) is 0.107. The maximum atomic E-state index is 12.1. The Kier molecular flexibility index (Phi) is 5.66. The smallest absolute Gasteiger partial charge is 0.337 e. The van der Waals surface area contributed by atoms with E-state index in [9.17, 15) is 9.90 Å². The Balaban J connectivity index is 1.75. The molecule has 2 heterocycles. The summed E-state index contributed by atoms with van der Waals surface area (Å²) in [7, 11) is 1.51. The maximum Gasteiger partial charge on any atom is 0.337 e. The van der Waals surface area contributed by atoms with Gasteiger partial charge in [-0.05, 0) is 67.4 Å². The summed E-state index contributed by atoms with van der Waals surface area (Å²) in [5, 5.41) is 19.1. The lowest BCUT2D eigenvalue weighted by atomic mass is 10.0. The molecule has 2 N–H and O–H groups in total. The minimum Gasteiger partial charge on any atom is -0.497 e. The first kappa shape index (κ1) is 22.2. The molecule has 0 saturated carbocycles. The Bertz CT molecular complexity index is 1570. The predicted octanol–water partition coefficient (Wildman–Crippen LogP) is 6.15. The molecule has 0 spiro atoms. The molecule has 0 atom stereocenters. The number of aromatic nitrogens is 3. The molecule has 0 aliphatic carbocycles. The van der Waals surface area contributed by atoms with Gasteiger partial charge in [0.05, 0.1) is 35.3 Å². The van der Waals surface area contributed by atoms with Crippen molar-refractivity contribution in [1.82, 2.24) is 14.8 Å². The molecule has 174 valence electrons. The zero-order chi connectivity index (χ0) is 24.5. The largest absolute Gasteiger partial charge is 0.497 e. The van der Waals surface area contributed by atoms with Crippen molar-refractivity contribution in [2.24, 2.45) is 0 Å². The number of carbonyl (C=O) groups is 1. The molecule has 7 heteroatoms. The number of anilines is 2. The summed E-state index contributed by atoms with van der Waals surface area (Å²) in [6, 6.07) is 22.9. The predicted molar refractivity (Wildman–Crippen MR) is 137 cm³/mol. The van der Waals surface area contributed by atoms with Crippen LogP contribution in [0.5, 0.6) is 5.75 Å². The number of aromatic carboxylic acids is 1. The zero-order valence-electron chi connectivity index (χ0n) is 19.6. The van der Waals surface area contributed by atoms with Crippen LogP contribution in [0, 0.1) is 13.8 Å². The van der Waals surface area contributed by atoms with Gasteiger partial charge in [-0.1, -0.05) is 30.3 Å². The minimum atomic E-state index is -1.05. The lowest BCUT2D eigenvalue weighted by molar-refractivity contribution is 0.0697. The summed E-state index contributed by atoms with van der Waals surface area (Å²) in [6.45, 7) is 3.97. The van der Waals surface area contributed by atoms with Crippen LogP contribution in [-0.4, -0.2) is 33.0 Å². The SMILES string of the molecule is COc1ccc(Nc2c(-c3ccc4ncccc4c3)c(C)nn2-c2ccccc2C)c(C(=O)O)c1. The van der Waals surface area contributed by atoms with Crippen LogP contribution >= 0.6 is 0 Å². The third-order valence-corrected chi connectivity index (χ3v) is 6.01. The number of methoxy groups -OCH3 is 1. The third-order valence-electron chi connectivity index (χ3n) is 6.01. The molecule has 0 amide bonds. The molecule has 0 unspecified atom stereocenters. The molecule has 0 saturated heterocycles. The highest BCUT2D eigenvalue weighted by Crippen LogP contribution is 2.38. The monoisotopic (exact) mass is 464 g/mol. The number of nitrogens with one attached hydrogen (secondary N) is 1. The number of pyridine rings is 1. The fourth-order valence-corrected chi connectivity index (χ4v) is 4.26. The Morgan fingerprint density at radius 2 is 1.83 bits per heavy atom. The second-order valence-electron chi connectivity index (χ2n) is 8.26. The van der Waals surface area contributed by atoms with Gasteiger partial charge in [-0.2, -0.15) is 5.10 Å². The van der Waals surface area contributed by atoms with Gasteiger partial charge in [-0.25, -0.2) is 9.48 Å². The van der Waals surface area contributed by atoms with Gasteiger partial charge in [0.25, 0.3) is 0 Å². The lowest BCUT2D eigenvalue weighted by Gasteiger charge is -2.16. The van der Waals surface area contributed by atoms with E-state index in [0.29, 0.717) is 17.3 Å². The van der Waals surface area contributed by atoms with E-state index in [2.05, 4.69) is 16.4 Å². The molecule has 7 nitrogen and oxygen atoms in total. The maximum absolute atomic E-state index is 12.1. The van der Waals surface area contributed by atoms with Crippen molar-refractivity contribution in [2.75, 3.05) is 12.4 Å². The summed E-state index contributed by atoms with van der Waals surface area (Å²) in [6.07, 6.45) is 1.77. The summed E-state index contributed by atoms with van der Waals surface area (Å²) in [4.78, 5) is 16.5. The number of aryl methyl sites for hydroxylation is 2. The first-order chi connectivity index (χ1) is 17.0. The van der Waals surface area contributed by atoms with Gasteiger partial charge >= 0.3 is 5.97 Å². The normalized spacial score (nSPS) is 10.9. The molecule has 0 fully saturated rings. The Morgan fingerprint density at radius 1 is 1.00 bits per heavy atom. The van der Waals surface area contributed by atoms with E-state index in [0.717, 1.165) is 39.0 Å². The van der Waals surface area contributed by atoms with Gasteiger partial charge in [-0.15, -0.1) is 0 Å². The summed E-state index contributed by atoms with van der Waals surface area (Å²) >= 11 is 0. The van der Waals surface area contributed by atoms with E-state index in [4.69, 9.17) is 9.84 Å². The van der Waals surface area contributed by atoms with Gasteiger partial charge < -0.3 is 15.2 Å². The number of carboxylic acids is 1. The van der Waals surface area contributed by atoms with E-state index < -0.39 is 5.97 Å². The molecule has 0 bridgehead atoms. The van der Waals surface area contributed by atoms with Crippen LogP contribution in [0.15, 0.2) is 79.0 Å². The Hall–Kier alpha value is -4.65. The summed E-state index contributed by atoms with van der Waals surface area (Å²) < 4.78 is 7.08. The van der Waals surface area contributed by atoms with Gasteiger partial charge in [0.1, 0.15) is 11.6 Å². The standard InChI is InChI=1S/C28H24N4O3/c1-17-7-4-5-9-25(17)32-27(30-24-13-11-21(35-3)16-22(24)28(33)34)26(18(2)31-32)20-10-12-23-19(15-20)8-6-14-29-23/h4-16,30H,1-3H3,(H,33,34). The Labute approximate surface area is 202 Å². The molecule has 3 aromatic carbocycles. The van der Waals surface area contributed by atoms with Crippen molar-refractivity contribution in [2.45, 2.75) is 13.8 Å². The van der Waals surface area contributed by atoms with Crippen molar-refractivity contribution < 1.29 is 14.6 Å². The molecule has 0 aliphatic heterocycles. The van der Waals surface area contributed by atoms with Crippen molar-refractivity contribution in [3.63, 3.8) is 0 Å². The van der Waals surface area contributed by atoms with Crippen LogP contribution < -0.4 is 10.1 Å². The van der Waals surface area contributed by atoms with Crippen molar-refractivity contribution in [3.05, 3.63) is 95.8 Å². The van der Waals surface area contributed by atoms with Gasteiger partial charge in [0.15, 0.2) is 0 Å². The summed E-state index contributed by atoms with van der Waals surface area (Å²) in [5.41, 5.74) is 6.03. The van der Waals surface area contributed by atoms with E-state index >= 15 is 0 Å². The quantitative estimate of drug-likeness (QED) is 0.313. The van der Waals surface area contributed by atoms with Crippen molar-refractivity contribution >= 4 is 28.4 Å². The number of fused-ring (bicyclic) bond motifs is 1. The molecule has 0 radical (unpaired) electrons. The third kappa shape index (κ3) is 4.08. The number of nitrogens with zero attached hydrogens (tertiary/aromatic N) is 3. The second-order valence-corrected chi connectivity index (χ2v) is 8.26. The number of ether oxygens (including phenoxy) is 1. The number of carboxylic acid groups (broad SMARTS) is 1. The highest BCUT2D eigenvalue weighted by Gasteiger charge is 2.22. The van der Waals surface area contributed by atoms with Crippen molar-refractivity contribution in [1.29, 1.82) is 0 Å². The number of benzene rings is 3. The van der Waals surface area contributed by atoms with Crippen molar-refractivity contribution in [3.8, 4) is 22.6 Å². The molecular weight excluding hydrogens is 440 g/mol. The molecule has 5 rings (SSSR count). The number of hydrogen-bond donors (Lipinski definition) is 2. The van der Waals surface area contributed by atoms with Gasteiger partial charge in [-0.3, -0.25) is 4.98 Å². The minimum absolute atomic E-state index is 0.105. The van der Waals surface area contributed by atoms with Crippen LogP contribution in [-0.2, 0) is 0 Å². The number of rotatable bonds is 6. The van der Waals surface area contributed by atoms with Crippen LogP contribution in [0.25, 0.3) is 27.7 Å². The van der Waals surface area contributed by atoms with Gasteiger partial charge in [0.2, 0.25) is 0 Å². The Morgan fingerprint density at radius 3 is 2.60 bits per heavy atom. The van der Waals surface area contributed by atoms with E-state index in [1.807, 2.05) is 67.1 Å². The fourth-order valence-electron chi connectivity index (χ4n) is 4.26. The summed E-state index contributed by atoms with van der Waals surface area (Å²) in [5.74, 6) is 0.0925. The molecule has 5 aromatic rings. The second kappa shape index (κ2) is 8.95. The van der Waals surface area contributed by atoms with Crippen LogP contribution in [0.1, 0.15) is 21.6 Å². The van der Waals surface area contributed by atoms with E-state index in [1.165, 1.54) is 13.2 Å². The molecule has 0 aliphatic rings. The lowest BCUT2D eigenvalue weighted by Crippen LogP contribution is -2.08. The molecule has 2 aromatic heterocycles. The molecular formula is C28H24N4O3. The van der Waals surface area contributed by atoms with Crippen LogP contribution in [0.4, 0.5) is 11.5 Å². The number of hydrogen-bond acceptors (Lipinski definition) is 5. The first-order valence-corrected chi connectivity index (χ1v) is 11.2. The first-order valence-electron chi connectivity index (χ1n) is 11.2. The van der Waals surface area contributed by atoms with Crippen LogP contribution in [0.3, 0.4) is 0 Å². The zero-order valence-corrected chi connectivity index (χ0v) is 19.6. The van der Waals surface area contributed by atoms with E-state index in [1.54, 1.807) is 18.3 Å². The van der Waals surface area contributed by atoms with Gasteiger partial charge in [0, 0.05) is 17.1 Å². The van der Waals surface area contributed by atoms with Crippen LogP contribution in [0.2, 0.25) is 0 Å². The highest BCUT2D eigenvalue weighted by molar-refractivity contribution is 5.97.